The Balaban J connectivity index is 0.00000480. The number of hydrogen-bond donors (Lipinski definition) is 0. The fourth-order valence-corrected chi connectivity index (χ4v) is 23.4. The van der Waals surface area contributed by atoms with Gasteiger partial charge in [0.05, 0.1) is 5.65 Å². The van der Waals surface area contributed by atoms with E-state index >= 15 is 0 Å². The molecule has 0 fully saturated rings. The molecule has 1 aliphatic rings. The smallest absolute Gasteiger partial charge is 0.340 e. The van der Waals surface area contributed by atoms with Crippen LogP contribution in [0.15, 0.2) is 253 Å². The molecule has 4 nitrogen and oxygen atoms in total. The van der Waals surface area contributed by atoms with Crippen molar-refractivity contribution in [2.75, 3.05) is 0 Å². The van der Waals surface area contributed by atoms with E-state index in [1.165, 1.54) is 51.7 Å². The van der Waals surface area contributed by atoms with Gasteiger partial charge in [0.2, 0.25) is 0 Å². The van der Waals surface area contributed by atoms with Crippen molar-refractivity contribution in [3.8, 4) is 5.82 Å². The van der Waals surface area contributed by atoms with E-state index in [0.717, 1.165) is 54.5 Å². The van der Waals surface area contributed by atoms with Crippen LogP contribution in [-0.2, 0) is 21.1 Å². The van der Waals surface area contributed by atoms with Gasteiger partial charge >= 0.3 is 21.1 Å². The van der Waals surface area contributed by atoms with E-state index in [4.69, 9.17) is 9.97 Å². The van der Waals surface area contributed by atoms with Gasteiger partial charge in [0, 0.05) is 39.4 Å². The van der Waals surface area contributed by atoms with Crippen LogP contribution < -0.4 is 41.5 Å². The van der Waals surface area contributed by atoms with Gasteiger partial charge in [-0.1, -0.05) is 186 Å². The van der Waals surface area contributed by atoms with Gasteiger partial charge in [-0.25, -0.2) is 4.98 Å². The number of imidazole rings is 1. The maximum absolute atomic E-state index is 5.12. The summed E-state index contributed by atoms with van der Waals surface area (Å²) in [7, 11) is -6.22. The molecule has 70 heavy (non-hydrogen) atoms. The van der Waals surface area contributed by atoms with Crippen molar-refractivity contribution in [1.29, 1.82) is 0 Å². The van der Waals surface area contributed by atoms with Gasteiger partial charge in [0.1, 0.15) is 13.9 Å². The van der Waals surface area contributed by atoms with Crippen molar-refractivity contribution in [1.82, 2.24) is 18.9 Å². The molecule has 5 heterocycles. The SMILES string of the molecule is [Pt+2].[c-]1c([Si](c2[c-]c3c(cc2)c2c4c(ccc2n3-c2ccccn2)Sc2ccccc2[Si]4(c2ccccc2)c2ccccc2)(c2ccccc2)c2ccccc2)ccc2c1c1nccn1c1ccccc21. The molecule has 0 unspecified atom stereocenters. The molecule has 0 bridgehead atoms. The molecular weight excluding hydrogens is 1080 g/mol. The van der Waals surface area contributed by atoms with Crippen LogP contribution in [0.25, 0.3) is 54.9 Å². The number of hydrogen-bond acceptors (Lipinski definition) is 3. The van der Waals surface area contributed by atoms with Gasteiger partial charge in [0.15, 0.2) is 8.07 Å². The van der Waals surface area contributed by atoms with Crippen LogP contribution in [0.1, 0.15) is 0 Å². The zero-order valence-corrected chi connectivity index (χ0v) is 42.7. The summed E-state index contributed by atoms with van der Waals surface area (Å²) in [6.45, 7) is 0. The molecule has 9 aromatic carbocycles. The van der Waals surface area contributed by atoms with E-state index in [2.05, 4.69) is 246 Å². The predicted octanol–water partition coefficient (Wildman–Crippen LogP) is 8.95. The van der Waals surface area contributed by atoms with Crippen LogP contribution in [-0.4, -0.2) is 35.1 Å². The van der Waals surface area contributed by atoms with Gasteiger partial charge in [-0.2, -0.15) is 23.4 Å². The Morgan fingerprint density at radius 3 is 1.79 bits per heavy atom. The standard InChI is InChI=1S/C62H40N4SSi2.Pt/c1-5-19-43(20-6-1)68(44-21-7-2-8-22-44,47-32-34-49-50-27-13-14-28-53(50)65-40-39-64-62(65)52(49)41-47)48-33-35-51-55(42-48)66(59-31-17-18-38-63-59)54-36-37-57-61(60(51)54)69(45-23-9-3-10-24-45,46-25-11-4-12-26-46)58-30-16-15-29-56(58)67-57;/h1-40H;/q-2;+2. The van der Waals surface area contributed by atoms with Crippen molar-refractivity contribution < 1.29 is 21.1 Å². The molecule has 13 aromatic rings. The number of fused-ring (bicyclic) bond motifs is 12. The van der Waals surface area contributed by atoms with Crippen molar-refractivity contribution in [2.24, 2.45) is 0 Å². The summed E-state index contributed by atoms with van der Waals surface area (Å²) < 4.78 is 4.59. The van der Waals surface area contributed by atoms with Gasteiger partial charge in [-0.15, -0.1) is 34.2 Å². The van der Waals surface area contributed by atoms with Crippen molar-refractivity contribution in [3.05, 3.63) is 255 Å². The summed E-state index contributed by atoms with van der Waals surface area (Å²) in [6, 6.07) is 91.6. The average molecular weight is 1120 g/mol. The molecule has 0 aliphatic carbocycles. The number of nitrogens with zero attached hydrogens (tertiary/aromatic N) is 4. The molecule has 332 valence electrons. The number of benzene rings is 9. The Morgan fingerprint density at radius 2 is 1.09 bits per heavy atom. The van der Waals surface area contributed by atoms with Crippen molar-refractivity contribution in [3.63, 3.8) is 0 Å². The summed E-state index contributed by atoms with van der Waals surface area (Å²) in [6.07, 6.45) is 5.88. The fourth-order valence-electron chi connectivity index (χ4n) is 11.7. The Hall–Kier alpha value is -7.39. The second-order valence-electron chi connectivity index (χ2n) is 17.9. The minimum atomic E-state index is -3.23. The van der Waals surface area contributed by atoms with Gasteiger partial charge in [-0.3, -0.25) is 4.98 Å². The zero-order chi connectivity index (χ0) is 45.5. The Bertz CT molecular complexity index is 4030. The minimum Gasteiger partial charge on any atom is -0.340 e. The third-order valence-corrected chi connectivity index (χ3v) is 25.5. The topological polar surface area (TPSA) is 35.1 Å². The first-order valence-corrected chi connectivity index (χ1v) is 28.2. The number of aromatic nitrogens is 4. The molecule has 4 aromatic heterocycles. The monoisotopic (exact) mass is 1120 g/mol. The van der Waals surface area contributed by atoms with E-state index in [-0.39, 0.29) is 21.1 Å². The second-order valence-corrected chi connectivity index (χ2v) is 26.4. The molecule has 8 heteroatoms. The first kappa shape index (κ1) is 42.7. The molecule has 0 saturated carbocycles. The largest absolute Gasteiger partial charge is 2.00 e. The molecule has 14 rings (SSSR count). The number of rotatable bonds is 7. The molecule has 0 amide bonds. The second kappa shape index (κ2) is 16.9. The van der Waals surface area contributed by atoms with Crippen molar-refractivity contribution >= 4 is 119 Å². The van der Waals surface area contributed by atoms with E-state index in [9.17, 15) is 0 Å². The quantitative estimate of drug-likeness (QED) is 0.0693. The molecule has 0 radical (unpaired) electrons. The molecule has 0 saturated heterocycles. The zero-order valence-electron chi connectivity index (χ0n) is 37.6. The molecular formula is C62H40N4PtSSi2. The average Bonchev–Trinajstić information content (AvgIpc) is 4.06. The van der Waals surface area contributed by atoms with E-state index in [0.29, 0.717) is 0 Å². The fraction of sp³-hybridized carbons (Fsp3) is 0. The van der Waals surface area contributed by atoms with Crippen LogP contribution >= 0.6 is 11.8 Å². The first-order valence-electron chi connectivity index (χ1n) is 23.4. The molecule has 0 atom stereocenters. The Labute approximate surface area is 426 Å². The van der Waals surface area contributed by atoms with E-state index in [1.807, 2.05) is 30.2 Å². The van der Waals surface area contributed by atoms with Gasteiger partial charge < -0.3 is 8.97 Å². The van der Waals surface area contributed by atoms with Crippen LogP contribution in [0.4, 0.5) is 0 Å². The third-order valence-electron chi connectivity index (χ3n) is 14.5. The Morgan fingerprint density at radius 1 is 0.471 bits per heavy atom. The van der Waals surface area contributed by atoms with Crippen molar-refractivity contribution in [2.45, 2.75) is 9.79 Å². The predicted molar refractivity (Wildman–Crippen MR) is 291 cm³/mol. The van der Waals surface area contributed by atoms with Gasteiger partial charge in [-0.05, 0) is 78.3 Å². The van der Waals surface area contributed by atoms with E-state index < -0.39 is 16.1 Å². The van der Waals surface area contributed by atoms with Crippen LogP contribution in [0.2, 0.25) is 0 Å². The number of para-hydroxylation sites is 1. The summed E-state index contributed by atoms with van der Waals surface area (Å²) in [5.74, 6) is 0.860. The summed E-state index contributed by atoms with van der Waals surface area (Å²) in [5.41, 5.74) is 4.16. The summed E-state index contributed by atoms with van der Waals surface area (Å²) in [4.78, 5) is 12.7. The summed E-state index contributed by atoms with van der Waals surface area (Å²) in [5, 5.41) is 16.1. The Kier molecular flexibility index (Phi) is 10.3. The molecule has 1 aliphatic heterocycles. The maximum Gasteiger partial charge on any atom is 2.00 e. The molecule has 0 spiro atoms. The first-order chi connectivity index (χ1) is 34.2. The summed E-state index contributed by atoms with van der Waals surface area (Å²) >= 11 is 1.90. The van der Waals surface area contributed by atoms with E-state index in [1.54, 1.807) is 0 Å². The maximum atomic E-state index is 5.12. The molecule has 0 N–H and O–H groups in total. The van der Waals surface area contributed by atoms with Crippen LogP contribution in [0, 0.1) is 12.1 Å². The minimum absolute atomic E-state index is 0. The van der Waals surface area contributed by atoms with Crippen LogP contribution in [0.5, 0.6) is 0 Å². The van der Waals surface area contributed by atoms with Gasteiger partial charge in [0.25, 0.3) is 0 Å². The normalized spacial score (nSPS) is 13.1. The third kappa shape index (κ3) is 6.12. The number of pyridine rings is 2. The van der Waals surface area contributed by atoms with Crippen LogP contribution in [0.3, 0.4) is 0 Å².